The van der Waals surface area contributed by atoms with Crippen LogP contribution in [0, 0.1) is 0 Å². The maximum atomic E-state index is 11.2. The van der Waals surface area contributed by atoms with E-state index in [1.807, 2.05) is 31.2 Å². The Labute approximate surface area is 124 Å². The van der Waals surface area contributed by atoms with Gasteiger partial charge in [-0.3, -0.25) is 0 Å². The lowest BCUT2D eigenvalue weighted by molar-refractivity contribution is 0.282. The zero-order valence-corrected chi connectivity index (χ0v) is 12.5. The molecular weight excluding hydrogens is 288 g/mol. The standard InChI is InChI=1S/C15H18N2O3S/c1-11(17-14-6-2-12(10-18)3-7-14)13-4-8-15(9-5-13)21(16,19)20/h2-9,11,17-18H,10H2,1H3,(H2,16,19,20). The van der Waals surface area contributed by atoms with Gasteiger partial charge in [-0.15, -0.1) is 0 Å². The van der Waals surface area contributed by atoms with Gasteiger partial charge in [0.1, 0.15) is 0 Å². The van der Waals surface area contributed by atoms with Crippen LogP contribution in [0.3, 0.4) is 0 Å². The zero-order chi connectivity index (χ0) is 15.5. The van der Waals surface area contributed by atoms with E-state index < -0.39 is 10.0 Å². The predicted molar refractivity (Wildman–Crippen MR) is 82.2 cm³/mol. The topological polar surface area (TPSA) is 92.4 Å². The maximum absolute atomic E-state index is 11.2. The third-order valence-electron chi connectivity index (χ3n) is 3.23. The molecule has 0 aliphatic carbocycles. The van der Waals surface area contributed by atoms with Gasteiger partial charge in [-0.2, -0.15) is 0 Å². The summed E-state index contributed by atoms with van der Waals surface area (Å²) in [6.45, 7) is 2.00. The van der Waals surface area contributed by atoms with Crippen LogP contribution in [0.15, 0.2) is 53.4 Å². The molecule has 0 aromatic heterocycles. The van der Waals surface area contributed by atoms with Gasteiger partial charge in [-0.25, -0.2) is 13.6 Å². The highest BCUT2D eigenvalue weighted by molar-refractivity contribution is 7.89. The molecular formula is C15H18N2O3S. The lowest BCUT2D eigenvalue weighted by Gasteiger charge is -2.16. The van der Waals surface area contributed by atoms with Gasteiger partial charge in [0.15, 0.2) is 0 Å². The highest BCUT2D eigenvalue weighted by Crippen LogP contribution is 2.21. The molecule has 21 heavy (non-hydrogen) atoms. The molecule has 0 saturated carbocycles. The second-order valence-corrected chi connectivity index (χ2v) is 6.40. The summed E-state index contributed by atoms with van der Waals surface area (Å²) in [7, 11) is -3.66. The van der Waals surface area contributed by atoms with Crippen molar-refractivity contribution in [1.29, 1.82) is 0 Å². The van der Waals surface area contributed by atoms with E-state index in [0.717, 1.165) is 16.8 Å². The van der Waals surface area contributed by atoms with Gasteiger partial charge in [0.25, 0.3) is 0 Å². The van der Waals surface area contributed by atoms with Crippen molar-refractivity contribution in [1.82, 2.24) is 0 Å². The molecule has 2 aromatic rings. The first-order valence-electron chi connectivity index (χ1n) is 6.49. The highest BCUT2D eigenvalue weighted by Gasteiger charge is 2.10. The second kappa shape index (κ2) is 6.26. The highest BCUT2D eigenvalue weighted by atomic mass is 32.2. The molecule has 0 saturated heterocycles. The Bertz CT molecular complexity index is 695. The second-order valence-electron chi connectivity index (χ2n) is 4.84. The molecule has 0 aliphatic rings. The van der Waals surface area contributed by atoms with E-state index in [0.29, 0.717) is 0 Å². The number of benzene rings is 2. The molecule has 112 valence electrons. The van der Waals surface area contributed by atoms with Gasteiger partial charge in [-0.05, 0) is 42.3 Å². The van der Waals surface area contributed by atoms with Crippen LogP contribution >= 0.6 is 0 Å². The van der Waals surface area contributed by atoms with Crippen LogP contribution in [0.2, 0.25) is 0 Å². The lowest BCUT2D eigenvalue weighted by atomic mass is 10.1. The van der Waals surface area contributed by atoms with E-state index in [9.17, 15) is 8.42 Å². The summed E-state index contributed by atoms with van der Waals surface area (Å²) in [6.07, 6.45) is 0. The van der Waals surface area contributed by atoms with E-state index >= 15 is 0 Å². The summed E-state index contributed by atoms with van der Waals surface area (Å²) in [4.78, 5) is 0.103. The Hall–Kier alpha value is -1.89. The Balaban J connectivity index is 2.10. The van der Waals surface area contributed by atoms with Crippen LogP contribution in [0.25, 0.3) is 0 Å². The first kappa shape index (κ1) is 15.5. The fourth-order valence-corrected chi connectivity index (χ4v) is 2.50. The van der Waals surface area contributed by atoms with Crippen molar-refractivity contribution in [2.45, 2.75) is 24.5 Å². The fourth-order valence-electron chi connectivity index (χ4n) is 1.99. The largest absolute Gasteiger partial charge is 0.392 e. The Morgan fingerprint density at radius 3 is 2.14 bits per heavy atom. The summed E-state index contributed by atoms with van der Waals surface area (Å²) in [5, 5.41) is 17.4. The number of anilines is 1. The number of rotatable bonds is 5. The van der Waals surface area contributed by atoms with Crippen molar-refractivity contribution in [3.63, 3.8) is 0 Å². The molecule has 1 unspecified atom stereocenters. The molecule has 1 atom stereocenters. The van der Waals surface area contributed by atoms with Gasteiger partial charge in [0.2, 0.25) is 10.0 Å². The molecule has 0 spiro atoms. The average Bonchev–Trinajstić information content (AvgIpc) is 2.47. The minimum atomic E-state index is -3.66. The SMILES string of the molecule is CC(Nc1ccc(CO)cc1)c1ccc(S(N)(=O)=O)cc1. The number of hydrogen-bond donors (Lipinski definition) is 3. The van der Waals surface area contributed by atoms with E-state index in [4.69, 9.17) is 10.2 Å². The summed E-state index contributed by atoms with van der Waals surface area (Å²) in [6, 6.07) is 14.0. The van der Waals surface area contributed by atoms with Crippen molar-refractivity contribution < 1.29 is 13.5 Å². The van der Waals surface area contributed by atoms with Gasteiger partial charge in [0, 0.05) is 11.7 Å². The summed E-state index contributed by atoms with van der Waals surface area (Å²) >= 11 is 0. The number of hydrogen-bond acceptors (Lipinski definition) is 4. The number of primary sulfonamides is 1. The maximum Gasteiger partial charge on any atom is 0.238 e. The first-order chi connectivity index (χ1) is 9.90. The Morgan fingerprint density at radius 2 is 1.67 bits per heavy atom. The minimum absolute atomic E-state index is 0.0134. The molecule has 0 amide bonds. The number of nitrogens with two attached hydrogens (primary N) is 1. The van der Waals surface area contributed by atoms with Gasteiger partial charge in [-0.1, -0.05) is 24.3 Å². The van der Waals surface area contributed by atoms with Gasteiger partial charge >= 0.3 is 0 Å². The molecule has 2 aromatic carbocycles. The molecule has 4 N–H and O–H groups in total. The molecule has 0 bridgehead atoms. The number of aliphatic hydroxyl groups is 1. The third kappa shape index (κ3) is 4.04. The minimum Gasteiger partial charge on any atom is -0.392 e. The number of sulfonamides is 1. The van der Waals surface area contributed by atoms with Crippen LogP contribution in [0.1, 0.15) is 24.1 Å². The van der Waals surface area contributed by atoms with Crippen molar-refractivity contribution >= 4 is 15.7 Å². The quantitative estimate of drug-likeness (QED) is 0.787. The Kier molecular flexibility index (Phi) is 4.62. The van der Waals surface area contributed by atoms with Gasteiger partial charge < -0.3 is 10.4 Å². The van der Waals surface area contributed by atoms with Crippen LogP contribution in [-0.4, -0.2) is 13.5 Å². The molecule has 0 heterocycles. The molecule has 0 radical (unpaired) electrons. The van der Waals surface area contributed by atoms with Crippen LogP contribution in [-0.2, 0) is 16.6 Å². The summed E-state index contributed by atoms with van der Waals surface area (Å²) in [5.74, 6) is 0. The van der Waals surface area contributed by atoms with Crippen molar-refractivity contribution in [3.8, 4) is 0 Å². The summed E-state index contributed by atoms with van der Waals surface area (Å²) < 4.78 is 22.4. The molecule has 2 rings (SSSR count). The van der Waals surface area contributed by atoms with Crippen molar-refractivity contribution in [3.05, 3.63) is 59.7 Å². The number of aliphatic hydroxyl groups excluding tert-OH is 1. The number of nitrogens with one attached hydrogen (secondary N) is 1. The van der Waals surface area contributed by atoms with Crippen molar-refractivity contribution in [2.75, 3.05) is 5.32 Å². The van der Waals surface area contributed by atoms with Crippen LogP contribution in [0.4, 0.5) is 5.69 Å². The first-order valence-corrected chi connectivity index (χ1v) is 8.04. The van der Waals surface area contributed by atoms with E-state index in [1.54, 1.807) is 12.1 Å². The molecule has 6 heteroatoms. The van der Waals surface area contributed by atoms with Crippen LogP contribution in [0.5, 0.6) is 0 Å². The molecule has 0 fully saturated rings. The third-order valence-corrected chi connectivity index (χ3v) is 4.16. The van der Waals surface area contributed by atoms with Crippen LogP contribution < -0.4 is 10.5 Å². The summed E-state index contributed by atoms with van der Waals surface area (Å²) in [5.41, 5.74) is 2.73. The Morgan fingerprint density at radius 1 is 1.10 bits per heavy atom. The monoisotopic (exact) mass is 306 g/mol. The normalized spacial score (nSPS) is 12.9. The van der Waals surface area contributed by atoms with E-state index in [-0.39, 0.29) is 17.5 Å². The van der Waals surface area contributed by atoms with Gasteiger partial charge in [0.05, 0.1) is 11.5 Å². The molecule has 0 aliphatic heterocycles. The van der Waals surface area contributed by atoms with Crippen molar-refractivity contribution in [2.24, 2.45) is 5.14 Å². The van der Waals surface area contributed by atoms with E-state index in [2.05, 4.69) is 5.32 Å². The smallest absolute Gasteiger partial charge is 0.238 e. The lowest BCUT2D eigenvalue weighted by Crippen LogP contribution is -2.12. The predicted octanol–water partition coefficient (Wildman–Crippen LogP) is 2.00. The molecule has 5 nitrogen and oxygen atoms in total. The van der Waals surface area contributed by atoms with E-state index in [1.165, 1.54) is 12.1 Å². The zero-order valence-electron chi connectivity index (χ0n) is 11.7. The average molecular weight is 306 g/mol. The fraction of sp³-hybridized carbons (Fsp3) is 0.200.